The normalized spacial score (nSPS) is 29.4. The summed E-state index contributed by atoms with van der Waals surface area (Å²) in [7, 11) is 0. The summed E-state index contributed by atoms with van der Waals surface area (Å²) in [5.74, 6) is -0.392. The summed E-state index contributed by atoms with van der Waals surface area (Å²) < 4.78 is 11.8. The van der Waals surface area contributed by atoms with Crippen molar-refractivity contribution in [3.63, 3.8) is 0 Å². The molecule has 3 rings (SSSR count). The molecule has 2 amide bonds. The van der Waals surface area contributed by atoms with Crippen molar-refractivity contribution in [2.24, 2.45) is 5.92 Å². The van der Waals surface area contributed by atoms with Crippen molar-refractivity contribution in [2.45, 2.75) is 38.7 Å². The number of nitrogens with zero attached hydrogens (tertiary/aromatic N) is 1. The van der Waals surface area contributed by atoms with Gasteiger partial charge in [-0.05, 0) is 24.6 Å². The maximum absolute atomic E-state index is 12.4. The van der Waals surface area contributed by atoms with E-state index in [4.69, 9.17) is 9.47 Å². The Labute approximate surface area is 141 Å². The molecule has 1 N–H and O–H groups in total. The first-order valence-corrected chi connectivity index (χ1v) is 8.25. The highest BCUT2D eigenvalue weighted by atomic mass is 16.6. The summed E-state index contributed by atoms with van der Waals surface area (Å²) in [6, 6.07) is 8.61. The van der Waals surface area contributed by atoms with Crippen LogP contribution in [0.2, 0.25) is 0 Å². The van der Waals surface area contributed by atoms with E-state index in [1.807, 2.05) is 26.0 Å². The lowest BCUT2D eigenvalue weighted by molar-refractivity contribution is -0.0732. The number of rotatable bonds is 4. The highest BCUT2D eigenvalue weighted by Gasteiger charge is 2.47. The van der Waals surface area contributed by atoms with Gasteiger partial charge in [-0.3, -0.25) is 4.90 Å². The number of hydrogen-bond acceptors (Lipinski definition) is 4. The molecular formula is C18H22N2O4. The van der Waals surface area contributed by atoms with Crippen LogP contribution >= 0.6 is 0 Å². The van der Waals surface area contributed by atoms with E-state index in [-0.39, 0.29) is 18.1 Å². The van der Waals surface area contributed by atoms with Crippen molar-refractivity contribution in [1.82, 2.24) is 10.2 Å². The Morgan fingerprint density at radius 3 is 2.79 bits per heavy atom. The van der Waals surface area contributed by atoms with E-state index in [0.717, 1.165) is 6.42 Å². The molecule has 0 spiro atoms. The minimum Gasteiger partial charge on any atom is -0.454 e. The Morgan fingerprint density at radius 1 is 1.38 bits per heavy atom. The van der Waals surface area contributed by atoms with Crippen molar-refractivity contribution < 1.29 is 19.1 Å². The molecule has 4 atom stereocenters. The van der Waals surface area contributed by atoms with Gasteiger partial charge in [-0.2, -0.15) is 0 Å². The number of carbonyl (C=O) groups is 2. The van der Waals surface area contributed by atoms with Gasteiger partial charge in [0.05, 0.1) is 11.7 Å². The summed E-state index contributed by atoms with van der Waals surface area (Å²) in [6.07, 6.45) is 3.11. The molecule has 2 aliphatic heterocycles. The van der Waals surface area contributed by atoms with Crippen LogP contribution in [0.1, 0.15) is 30.6 Å². The Balaban J connectivity index is 1.80. The van der Waals surface area contributed by atoms with E-state index in [1.165, 1.54) is 0 Å². The molecule has 0 bridgehead atoms. The zero-order valence-electron chi connectivity index (χ0n) is 13.8. The molecule has 1 fully saturated rings. The topological polar surface area (TPSA) is 67.9 Å². The van der Waals surface area contributed by atoms with Gasteiger partial charge < -0.3 is 14.8 Å². The van der Waals surface area contributed by atoms with Crippen LogP contribution in [0, 0.1) is 5.92 Å². The first-order chi connectivity index (χ1) is 11.6. The van der Waals surface area contributed by atoms with Gasteiger partial charge >= 0.3 is 12.0 Å². The van der Waals surface area contributed by atoms with Crippen LogP contribution in [0.15, 0.2) is 42.6 Å². The number of amides is 2. The standard InChI is InChI=1S/C18H22N2O4/c1-3-14-12(2)15(24-17(21)13-8-5-4-6-9-13)16(23-14)20-11-7-10-19-18(20)22/h4-10,12,14-16H,3,11H2,1-2H3,(H,19,22)/t12-,14+,15?,16+/m0/s1. The van der Waals surface area contributed by atoms with Crippen LogP contribution in [0.4, 0.5) is 4.79 Å². The quantitative estimate of drug-likeness (QED) is 0.862. The third-order valence-electron chi connectivity index (χ3n) is 4.55. The van der Waals surface area contributed by atoms with E-state index >= 15 is 0 Å². The monoisotopic (exact) mass is 330 g/mol. The Morgan fingerprint density at radius 2 is 2.12 bits per heavy atom. The molecule has 128 valence electrons. The molecule has 2 heterocycles. The molecule has 1 aromatic carbocycles. The van der Waals surface area contributed by atoms with Crippen LogP contribution < -0.4 is 5.32 Å². The molecule has 6 heteroatoms. The van der Waals surface area contributed by atoms with Gasteiger partial charge in [0.2, 0.25) is 0 Å². The SMILES string of the molecule is CC[C@H]1O[C@@H](N2CC=CNC2=O)C(OC(=O)c2ccccc2)[C@H]1C. The number of hydrogen-bond donors (Lipinski definition) is 1. The predicted octanol–water partition coefficient (Wildman–Crippen LogP) is 2.52. The predicted molar refractivity (Wildman–Crippen MR) is 88.1 cm³/mol. The van der Waals surface area contributed by atoms with Crippen molar-refractivity contribution in [2.75, 3.05) is 6.54 Å². The first kappa shape index (κ1) is 16.5. The third kappa shape index (κ3) is 3.14. The minimum absolute atomic E-state index is 0.00590. The van der Waals surface area contributed by atoms with Crippen molar-refractivity contribution in [3.05, 3.63) is 48.2 Å². The number of urea groups is 1. The number of ether oxygens (including phenoxy) is 2. The van der Waals surface area contributed by atoms with E-state index in [2.05, 4.69) is 5.32 Å². The molecule has 0 aliphatic carbocycles. The average Bonchev–Trinajstić information content (AvgIpc) is 2.92. The summed E-state index contributed by atoms with van der Waals surface area (Å²) in [6.45, 7) is 4.45. The molecule has 0 radical (unpaired) electrons. The fraction of sp³-hybridized carbons (Fsp3) is 0.444. The molecule has 0 aromatic heterocycles. The Bertz CT molecular complexity index is 631. The first-order valence-electron chi connectivity index (χ1n) is 8.25. The molecule has 6 nitrogen and oxygen atoms in total. The van der Waals surface area contributed by atoms with Crippen LogP contribution in [-0.2, 0) is 9.47 Å². The second-order valence-electron chi connectivity index (χ2n) is 6.07. The smallest absolute Gasteiger partial charge is 0.338 e. The van der Waals surface area contributed by atoms with Gasteiger partial charge in [0.15, 0.2) is 12.3 Å². The maximum Gasteiger partial charge on any atom is 0.338 e. The number of benzene rings is 1. The zero-order chi connectivity index (χ0) is 17.1. The van der Waals surface area contributed by atoms with Crippen LogP contribution in [0.5, 0.6) is 0 Å². The van der Waals surface area contributed by atoms with Gasteiger partial charge in [0, 0.05) is 18.7 Å². The maximum atomic E-state index is 12.4. The lowest BCUT2D eigenvalue weighted by Gasteiger charge is -2.32. The van der Waals surface area contributed by atoms with Gasteiger partial charge in [0.25, 0.3) is 0 Å². The fourth-order valence-electron chi connectivity index (χ4n) is 3.18. The molecule has 0 saturated carbocycles. The van der Waals surface area contributed by atoms with Gasteiger partial charge in [-0.25, -0.2) is 9.59 Å². The molecule has 1 unspecified atom stereocenters. The van der Waals surface area contributed by atoms with Gasteiger partial charge in [-0.1, -0.05) is 32.0 Å². The van der Waals surface area contributed by atoms with Crippen LogP contribution in [0.25, 0.3) is 0 Å². The van der Waals surface area contributed by atoms with Crippen LogP contribution in [0.3, 0.4) is 0 Å². The van der Waals surface area contributed by atoms with Gasteiger partial charge in [0.1, 0.15) is 0 Å². The molecule has 1 aromatic rings. The minimum atomic E-state index is -0.581. The summed E-state index contributed by atoms with van der Waals surface area (Å²) in [5.41, 5.74) is 0.492. The summed E-state index contributed by atoms with van der Waals surface area (Å²) >= 11 is 0. The van der Waals surface area contributed by atoms with Crippen LogP contribution in [-0.4, -0.2) is 41.9 Å². The summed E-state index contributed by atoms with van der Waals surface area (Å²) in [4.78, 5) is 26.1. The van der Waals surface area contributed by atoms with E-state index < -0.39 is 18.3 Å². The lowest BCUT2D eigenvalue weighted by atomic mass is 9.98. The fourth-order valence-corrected chi connectivity index (χ4v) is 3.18. The van der Waals surface area contributed by atoms with E-state index in [9.17, 15) is 9.59 Å². The second kappa shape index (κ2) is 7.05. The van der Waals surface area contributed by atoms with Crippen molar-refractivity contribution in [1.29, 1.82) is 0 Å². The van der Waals surface area contributed by atoms with Crippen molar-refractivity contribution >= 4 is 12.0 Å². The third-order valence-corrected chi connectivity index (χ3v) is 4.55. The number of nitrogens with one attached hydrogen (secondary N) is 1. The molecule has 24 heavy (non-hydrogen) atoms. The Hall–Kier alpha value is -2.34. The molecule has 2 aliphatic rings. The lowest BCUT2D eigenvalue weighted by Crippen LogP contribution is -2.52. The number of carbonyl (C=O) groups excluding carboxylic acids is 2. The van der Waals surface area contributed by atoms with E-state index in [1.54, 1.807) is 35.4 Å². The highest BCUT2D eigenvalue weighted by Crippen LogP contribution is 2.34. The van der Waals surface area contributed by atoms with E-state index in [0.29, 0.717) is 12.1 Å². The summed E-state index contributed by atoms with van der Waals surface area (Å²) in [5, 5.41) is 2.65. The Kier molecular flexibility index (Phi) is 4.85. The largest absolute Gasteiger partial charge is 0.454 e. The molecular weight excluding hydrogens is 308 g/mol. The average molecular weight is 330 g/mol. The van der Waals surface area contributed by atoms with Crippen molar-refractivity contribution in [3.8, 4) is 0 Å². The highest BCUT2D eigenvalue weighted by molar-refractivity contribution is 5.89. The molecule has 1 saturated heterocycles. The second-order valence-corrected chi connectivity index (χ2v) is 6.07. The van der Waals surface area contributed by atoms with Gasteiger partial charge in [-0.15, -0.1) is 0 Å². The zero-order valence-corrected chi connectivity index (χ0v) is 13.8. The number of esters is 1.